The van der Waals surface area contributed by atoms with E-state index in [4.69, 9.17) is 15.7 Å². The second kappa shape index (κ2) is 6.70. The minimum Gasteiger partial charge on any atom is -0.409 e. The topological polar surface area (TPSA) is 79.9 Å². The Morgan fingerprint density at radius 2 is 2.44 bits per heavy atom. The number of hydrogen-bond acceptors (Lipinski definition) is 4. The molecule has 4 N–H and O–H groups in total. The van der Waals surface area contributed by atoms with E-state index in [9.17, 15) is 0 Å². The van der Waals surface area contributed by atoms with Gasteiger partial charge in [0.1, 0.15) is 5.84 Å². The van der Waals surface area contributed by atoms with E-state index in [-0.39, 0.29) is 11.9 Å². The fourth-order valence-electron chi connectivity index (χ4n) is 2.02. The van der Waals surface area contributed by atoms with Crippen LogP contribution in [-0.4, -0.2) is 36.3 Å². The molecule has 0 aromatic carbocycles. The Kier molecular flexibility index (Phi) is 5.55. The van der Waals surface area contributed by atoms with Crippen LogP contribution < -0.4 is 11.1 Å². The Balaban J connectivity index is 2.28. The van der Waals surface area contributed by atoms with E-state index in [0.29, 0.717) is 18.4 Å². The van der Waals surface area contributed by atoms with Gasteiger partial charge in [-0.15, -0.1) is 0 Å². The zero-order valence-electron chi connectivity index (χ0n) is 10.1. The van der Waals surface area contributed by atoms with E-state index in [1.165, 1.54) is 0 Å². The summed E-state index contributed by atoms with van der Waals surface area (Å²) in [5.74, 6) is 0.872. The Hall–Kier alpha value is -0.810. The molecule has 0 aromatic heterocycles. The molecule has 1 aliphatic rings. The fourth-order valence-corrected chi connectivity index (χ4v) is 2.02. The van der Waals surface area contributed by atoms with Crippen LogP contribution in [0.3, 0.4) is 0 Å². The summed E-state index contributed by atoms with van der Waals surface area (Å²) in [5.41, 5.74) is 5.50. The Morgan fingerprint density at radius 1 is 1.69 bits per heavy atom. The molecule has 0 aromatic rings. The van der Waals surface area contributed by atoms with Crippen molar-refractivity contribution in [3.05, 3.63) is 0 Å². The molecule has 3 unspecified atom stereocenters. The van der Waals surface area contributed by atoms with Crippen molar-refractivity contribution >= 4 is 5.84 Å². The lowest BCUT2D eigenvalue weighted by atomic mass is 10.0. The van der Waals surface area contributed by atoms with Gasteiger partial charge in [0, 0.05) is 25.6 Å². The lowest BCUT2D eigenvalue weighted by Gasteiger charge is -2.20. The molecule has 0 amide bonds. The quantitative estimate of drug-likeness (QED) is 0.274. The first-order chi connectivity index (χ1) is 7.67. The van der Waals surface area contributed by atoms with E-state index in [1.54, 1.807) is 0 Å². The molecule has 1 aliphatic heterocycles. The van der Waals surface area contributed by atoms with Gasteiger partial charge in [-0.1, -0.05) is 12.1 Å². The van der Waals surface area contributed by atoms with Gasteiger partial charge in [-0.05, 0) is 25.7 Å². The maximum absolute atomic E-state index is 8.52. The smallest absolute Gasteiger partial charge is 0.140 e. The molecule has 1 rings (SSSR count). The highest BCUT2D eigenvalue weighted by molar-refractivity contribution is 5.80. The third-order valence-electron chi connectivity index (χ3n) is 3.28. The van der Waals surface area contributed by atoms with Crippen LogP contribution in [0.2, 0.25) is 0 Å². The summed E-state index contributed by atoms with van der Waals surface area (Å²) in [6.07, 6.45) is 3.02. The van der Waals surface area contributed by atoms with E-state index in [1.807, 2.05) is 0 Å². The Morgan fingerprint density at radius 3 is 2.94 bits per heavy atom. The lowest BCUT2D eigenvalue weighted by Crippen LogP contribution is -2.37. The van der Waals surface area contributed by atoms with E-state index in [0.717, 1.165) is 26.0 Å². The van der Waals surface area contributed by atoms with Gasteiger partial charge in [0.05, 0.1) is 6.10 Å². The highest BCUT2D eigenvalue weighted by atomic mass is 16.5. The molecule has 0 radical (unpaired) electrons. The number of amidine groups is 1. The molecule has 1 saturated heterocycles. The number of nitrogens with one attached hydrogen (secondary N) is 1. The van der Waals surface area contributed by atoms with Gasteiger partial charge in [0.15, 0.2) is 0 Å². The van der Waals surface area contributed by atoms with Gasteiger partial charge in [0.2, 0.25) is 0 Å². The lowest BCUT2D eigenvalue weighted by molar-refractivity contribution is 0.105. The average Bonchev–Trinajstić information content (AvgIpc) is 2.69. The second-order valence-corrected chi connectivity index (χ2v) is 4.43. The van der Waals surface area contributed by atoms with Crippen molar-refractivity contribution in [2.75, 3.05) is 13.2 Å². The molecular weight excluding hydrogens is 206 g/mol. The number of rotatable bonds is 6. The standard InChI is InChI=1S/C11H23N3O2/c1-3-10(6-11(12)14-15)13-7-9-4-5-16-8(9)2/h8-10,13,15H,3-7H2,1-2H3,(H2,12,14). The molecule has 3 atom stereocenters. The van der Waals surface area contributed by atoms with Gasteiger partial charge in [-0.3, -0.25) is 0 Å². The molecule has 1 fully saturated rings. The molecule has 0 spiro atoms. The molecule has 16 heavy (non-hydrogen) atoms. The van der Waals surface area contributed by atoms with Gasteiger partial charge < -0.3 is 21.0 Å². The molecule has 0 bridgehead atoms. The summed E-state index contributed by atoms with van der Waals surface area (Å²) in [4.78, 5) is 0. The first kappa shape index (κ1) is 13.3. The molecule has 5 nitrogen and oxygen atoms in total. The predicted octanol–water partition coefficient (Wildman–Crippen LogP) is 0.916. The number of hydrogen-bond donors (Lipinski definition) is 3. The molecular formula is C11H23N3O2. The monoisotopic (exact) mass is 229 g/mol. The zero-order chi connectivity index (χ0) is 12.0. The van der Waals surface area contributed by atoms with Gasteiger partial charge in [0.25, 0.3) is 0 Å². The normalized spacial score (nSPS) is 28.2. The number of nitrogens with two attached hydrogens (primary N) is 1. The van der Waals surface area contributed by atoms with Crippen LogP contribution in [0.5, 0.6) is 0 Å². The summed E-state index contributed by atoms with van der Waals surface area (Å²) >= 11 is 0. The number of oxime groups is 1. The van der Waals surface area contributed by atoms with Crippen molar-refractivity contribution in [1.82, 2.24) is 5.32 Å². The van der Waals surface area contributed by atoms with E-state index < -0.39 is 0 Å². The Labute approximate surface area is 97.0 Å². The third-order valence-corrected chi connectivity index (χ3v) is 3.28. The fraction of sp³-hybridized carbons (Fsp3) is 0.909. The third kappa shape index (κ3) is 3.98. The maximum Gasteiger partial charge on any atom is 0.140 e. The summed E-state index contributed by atoms with van der Waals surface area (Å²) in [5, 5.41) is 15.0. The van der Waals surface area contributed by atoms with Crippen LogP contribution in [0.25, 0.3) is 0 Å². The number of nitrogens with zero attached hydrogens (tertiary/aromatic N) is 1. The van der Waals surface area contributed by atoms with E-state index in [2.05, 4.69) is 24.3 Å². The van der Waals surface area contributed by atoms with Crippen molar-refractivity contribution in [2.24, 2.45) is 16.8 Å². The molecule has 5 heteroatoms. The summed E-state index contributed by atoms with van der Waals surface area (Å²) in [6, 6.07) is 0.281. The van der Waals surface area contributed by atoms with Crippen LogP contribution in [0, 0.1) is 5.92 Å². The van der Waals surface area contributed by atoms with Crippen LogP contribution in [0.1, 0.15) is 33.1 Å². The van der Waals surface area contributed by atoms with Crippen molar-refractivity contribution in [2.45, 2.75) is 45.3 Å². The minimum atomic E-state index is 0.281. The SMILES string of the molecule is CCC(CC(N)=NO)NCC1CCOC1C. The van der Waals surface area contributed by atoms with Gasteiger partial charge in [-0.2, -0.15) is 0 Å². The van der Waals surface area contributed by atoms with Crippen LogP contribution >= 0.6 is 0 Å². The van der Waals surface area contributed by atoms with Crippen LogP contribution in [0.4, 0.5) is 0 Å². The highest BCUT2D eigenvalue weighted by Gasteiger charge is 2.24. The highest BCUT2D eigenvalue weighted by Crippen LogP contribution is 2.19. The van der Waals surface area contributed by atoms with Gasteiger partial charge in [-0.25, -0.2) is 0 Å². The van der Waals surface area contributed by atoms with Crippen molar-refractivity contribution in [3.8, 4) is 0 Å². The predicted molar refractivity (Wildman–Crippen MR) is 63.6 cm³/mol. The summed E-state index contributed by atoms with van der Waals surface area (Å²) < 4.78 is 5.51. The Bertz CT molecular complexity index is 233. The minimum absolute atomic E-state index is 0.281. The largest absolute Gasteiger partial charge is 0.409 e. The van der Waals surface area contributed by atoms with Crippen molar-refractivity contribution < 1.29 is 9.94 Å². The second-order valence-electron chi connectivity index (χ2n) is 4.43. The van der Waals surface area contributed by atoms with E-state index >= 15 is 0 Å². The summed E-state index contributed by atoms with van der Waals surface area (Å²) in [6.45, 7) is 6.02. The molecule has 0 aliphatic carbocycles. The first-order valence-corrected chi connectivity index (χ1v) is 5.98. The first-order valence-electron chi connectivity index (χ1n) is 5.98. The number of ether oxygens (including phenoxy) is 1. The van der Waals surface area contributed by atoms with Crippen LogP contribution in [-0.2, 0) is 4.74 Å². The van der Waals surface area contributed by atoms with Crippen molar-refractivity contribution in [3.63, 3.8) is 0 Å². The zero-order valence-corrected chi connectivity index (χ0v) is 10.1. The van der Waals surface area contributed by atoms with Gasteiger partial charge >= 0.3 is 0 Å². The molecule has 1 heterocycles. The van der Waals surface area contributed by atoms with Crippen LogP contribution in [0.15, 0.2) is 5.16 Å². The van der Waals surface area contributed by atoms with Crippen molar-refractivity contribution in [1.29, 1.82) is 0 Å². The molecule has 0 saturated carbocycles. The average molecular weight is 229 g/mol. The molecule has 94 valence electrons. The summed E-state index contributed by atoms with van der Waals surface area (Å²) in [7, 11) is 0. The maximum atomic E-state index is 8.52.